The van der Waals surface area contributed by atoms with Crippen LogP contribution in [0.25, 0.3) is 0 Å². The summed E-state index contributed by atoms with van der Waals surface area (Å²) in [6.45, 7) is 9.07. The van der Waals surface area contributed by atoms with E-state index in [1.165, 1.54) is 51.8 Å². The van der Waals surface area contributed by atoms with Gasteiger partial charge in [-0.2, -0.15) is 0 Å². The molecule has 0 aromatic heterocycles. The van der Waals surface area contributed by atoms with Gasteiger partial charge in [-0.05, 0) is 0 Å². The van der Waals surface area contributed by atoms with Crippen molar-refractivity contribution in [2.75, 3.05) is 12.9 Å². The maximum atomic E-state index is 11.2. The molecule has 0 spiro atoms. The van der Waals surface area contributed by atoms with Gasteiger partial charge < -0.3 is 0 Å². The van der Waals surface area contributed by atoms with Crippen molar-refractivity contribution in [3.8, 4) is 0 Å². The third kappa shape index (κ3) is 11.1. The van der Waals surface area contributed by atoms with Crippen LogP contribution in [-0.2, 0) is 14.3 Å². The number of hydrogen-bond acceptors (Lipinski definition) is 3. The second-order valence-electron chi connectivity index (χ2n) is 6.63. The summed E-state index contributed by atoms with van der Waals surface area (Å²) in [6.07, 6.45) is 8.85. The van der Waals surface area contributed by atoms with Crippen LogP contribution in [0.15, 0.2) is 9.67 Å². The molecule has 3 nitrogen and oxygen atoms in total. The van der Waals surface area contributed by atoms with E-state index in [0.29, 0.717) is 0 Å². The van der Waals surface area contributed by atoms with E-state index in [9.17, 15) is 8.42 Å². The van der Waals surface area contributed by atoms with Crippen LogP contribution in [0.5, 0.6) is 0 Å². The molecule has 0 aliphatic carbocycles. The van der Waals surface area contributed by atoms with Crippen LogP contribution < -0.4 is 0 Å². The second-order valence-corrected chi connectivity index (χ2v) is 21.2. The van der Waals surface area contributed by atoms with Crippen molar-refractivity contribution in [3.05, 3.63) is 9.67 Å². The minimum atomic E-state index is -3.34. The van der Waals surface area contributed by atoms with E-state index >= 15 is 0 Å². The molecule has 0 rings (SSSR count). The van der Waals surface area contributed by atoms with Crippen molar-refractivity contribution in [1.82, 2.24) is 0 Å². The van der Waals surface area contributed by atoms with Gasteiger partial charge in [0.05, 0.1) is 0 Å². The molecule has 0 aliphatic rings. The normalized spacial score (nSPS) is 13.6. The molecule has 0 saturated heterocycles. The van der Waals surface area contributed by atoms with Gasteiger partial charge in [-0.25, -0.2) is 0 Å². The Hall–Kier alpha value is 0.449. The SMILES string of the molecule is CCC[CH2][Sn](/[CH]=C(\C)COS(C)(=O)=O)([CH2]CCC)[CH2]CCC. The summed E-state index contributed by atoms with van der Waals surface area (Å²) in [5.41, 5.74) is 1.13. The van der Waals surface area contributed by atoms with Crippen molar-refractivity contribution in [2.24, 2.45) is 0 Å². The summed E-state index contributed by atoms with van der Waals surface area (Å²) >= 11 is -2.31. The Kier molecular flexibility index (Phi) is 12.1. The van der Waals surface area contributed by atoms with E-state index < -0.39 is 28.5 Å². The molecule has 0 bridgehead atoms. The number of hydrogen-bond donors (Lipinski definition) is 0. The topological polar surface area (TPSA) is 43.4 Å². The fourth-order valence-electron chi connectivity index (χ4n) is 2.94. The predicted molar refractivity (Wildman–Crippen MR) is 99.5 cm³/mol. The minimum absolute atomic E-state index is 0.238. The van der Waals surface area contributed by atoms with Gasteiger partial charge in [-0.3, -0.25) is 0 Å². The zero-order valence-corrected chi connectivity index (χ0v) is 19.0. The molecule has 132 valence electrons. The molecule has 0 N–H and O–H groups in total. The summed E-state index contributed by atoms with van der Waals surface area (Å²) < 4.78 is 34.1. The van der Waals surface area contributed by atoms with Crippen LogP contribution in [0.3, 0.4) is 0 Å². The molecular formula is C17H36O3SSn. The Morgan fingerprint density at radius 3 is 1.68 bits per heavy atom. The van der Waals surface area contributed by atoms with Gasteiger partial charge in [0.2, 0.25) is 0 Å². The molecular weight excluding hydrogens is 403 g/mol. The first-order chi connectivity index (χ1) is 10.3. The number of unbranched alkanes of at least 4 members (excludes halogenated alkanes) is 3. The zero-order chi connectivity index (χ0) is 17.1. The van der Waals surface area contributed by atoms with Crippen LogP contribution >= 0.6 is 0 Å². The van der Waals surface area contributed by atoms with Gasteiger partial charge in [-0.15, -0.1) is 0 Å². The average Bonchev–Trinajstić information content (AvgIpc) is 2.46. The number of rotatable bonds is 13. The Labute approximate surface area is 142 Å². The van der Waals surface area contributed by atoms with Gasteiger partial charge in [0.25, 0.3) is 0 Å². The first kappa shape index (κ1) is 22.4. The molecule has 0 aromatic carbocycles. The van der Waals surface area contributed by atoms with E-state index in [2.05, 4.69) is 24.9 Å². The third-order valence-corrected chi connectivity index (χ3v) is 19.4. The van der Waals surface area contributed by atoms with Gasteiger partial charge >= 0.3 is 143 Å². The molecule has 22 heavy (non-hydrogen) atoms. The van der Waals surface area contributed by atoms with Crippen LogP contribution in [0.1, 0.15) is 66.2 Å². The first-order valence-electron chi connectivity index (χ1n) is 8.81. The van der Waals surface area contributed by atoms with Gasteiger partial charge in [-0.1, -0.05) is 0 Å². The quantitative estimate of drug-likeness (QED) is 0.289. The molecule has 0 unspecified atom stereocenters. The van der Waals surface area contributed by atoms with E-state index in [0.717, 1.165) is 11.8 Å². The van der Waals surface area contributed by atoms with Gasteiger partial charge in [0.15, 0.2) is 0 Å². The fourth-order valence-corrected chi connectivity index (χ4v) is 19.0. The Morgan fingerprint density at radius 2 is 1.36 bits per heavy atom. The third-order valence-electron chi connectivity index (χ3n) is 4.14. The van der Waals surface area contributed by atoms with E-state index in [4.69, 9.17) is 4.18 Å². The van der Waals surface area contributed by atoms with E-state index in [1.807, 2.05) is 6.92 Å². The Morgan fingerprint density at radius 1 is 0.955 bits per heavy atom. The van der Waals surface area contributed by atoms with Crippen LogP contribution in [0.2, 0.25) is 13.3 Å². The fraction of sp³-hybridized carbons (Fsp3) is 0.882. The predicted octanol–water partition coefficient (Wildman–Crippen LogP) is 5.30. The van der Waals surface area contributed by atoms with Crippen LogP contribution in [0, 0.1) is 0 Å². The van der Waals surface area contributed by atoms with Gasteiger partial charge in [0, 0.05) is 0 Å². The summed E-state index contributed by atoms with van der Waals surface area (Å²) in [5, 5.41) is 0. The van der Waals surface area contributed by atoms with Crippen molar-refractivity contribution in [3.63, 3.8) is 0 Å². The maximum absolute atomic E-state index is 11.2. The molecule has 0 atom stereocenters. The summed E-state index contributed by atoms with van der Waals surface area (Å²) in [6, 6.07) is 0. The van der Waals surface area contributed by atoms with Crippen molar-refractivity contribution in [1.29, 1.82) is 0 Å². The standard InChI is InChI=1S/C5H9O3S.3C4H9.Sn/c1-5(2)4-8-9(3,6)7;3*1-3-4-2;/h1H,4H2,2-3H3;3*1,3-4H2,2H3;. The zero-order valence-electron chi connectivity index (χ0n) is 15.3. The monoisotopic (exact) mass is 440 g/mol. The van der Waals surface area contributed by atoms with E-state index in [-0.39, 0.29) is 6.61 Å². The van der Waals surface area contributed by atoms with E-state index in [1.54, 1.807) is 0 Å². The summed E-state index contributed by atoms with van der Waals surface area (Å²) in [5.74, 6) is 0. The molecule has 0 fully saturated rings. The molecule has 0 aliphatic heterocycles. The first-order valence-corrected chi connectivity index (χ1v) is 18.3. The van der Waals surface area contributed by atoms with Crippen molar-refractivity contribution < 1.29 is 12.6 Å². The molecule has 0 amide bonds. The molecule has 0 heterocycles. The van der Waals surface area contributed by atoms with Crippen molar-refractivity contribution in [2.45, 2.75) is 79.5 Å². The van der Waals surface area contributed by atoms with Crippen LogP contribution in [0.4, 0.5) is 0 Å². The second kappa shape index (κ2) is 11.9. The molecule has 0 saturated carbocycles. The molecule has 5 heteroatoms. The average molecular weight is 439 g/mol. The van der Waals surface area contributed by atoms with Gasteiger partial charge in [0.1, 0.15) is 0 Å². The molecule has 0 aromatic rings. The van der Waals surface area contributed by atoms with Crippen molar-refractivity contribution >= 4 is 28.5 Å². The summed E-state index contributed by atoms with van der Waals surface area (Å²) in [7, 11) is -3.34. The Bertz CT molecular complexity index is 394. The van der Waals surface area contributed by atoms with Crippen LogP contribution in [-0.4, -0.2) is 39.7 Å². The summed E-state index contributed by atoms with van der Waals surface area (Å²) in [4.78, 5) is 0. The molecule has 0 radical (unpaired) electrons. The Balaban J connectivity index is 5.11.